The van der Waals surface area contributed by atoms with Gasteiger partial charge >= 0.3 is 12.1 Å². The van der Waals surface area contributed by atoms with E-state index in [1.54, 1.807) is 6.92 Å². The first-order valence-electron chi connectivity index (χ1n) is 5.12. The lowest BCUT2D eigenvalue weighted by molar-refractivity contribution is -0.143. The molecular weight excluding hydrogens is 263 g/mol. The Morgan fingerprint density at radius 2 is 2.05 bits per heavy atom. The molecule has 2 aromatic heterocycles. The Labute approximate surface area is 105 Å². The van der Waals surface area contributed by atoms with Crippen LogP contribution in [0.4, 0.5) is 13.2 Å². The first-order valence-corrected chi connectivity index (χ1v) is 5.12. The Kier molecular flexibility index (Phi) is 3.01. The second kappa shape index (κ2) is 4.38. The molecule has 0 saturated carbocycles. The molecule has 1 N–H and O–H groups in total. The Balaban J connectivity index is 2.73. The third-order valence-electron chi connectivity index (χ3n) is 2.51. The third kappa shape index (κ3) is 2.28. The van der Waals surface area contributed by atoms with Gasteiger partial charge in [-0.2, -0.15) is 18.3 Å². The van der Waals surface area contributed by atoms with Crippen LogP contribution in [0.1, 0.15) is 21.6 Å². The van der Waals surface area contributed by atoms with Crippen molar-refractivity contribution in [1.82, 2.24) is 14.8 Å². The van der Waals surface area contributed by atoms with Crippen LogP contribution in [0.2, 0.25) is 0 Å². The van der Waals surface area contributed by atoms with E-state index in [0.29, 0.717) is 16.4 Å². The lowest BCUT2D eigenvalue weighted by Crippen LogP contribution is -2.18. The number of hydrogen-bond donors (Lipinski definition) is 1. The maximum Gasteiger partial charge on any atom is 0.434 e. The Morgan fingerprint density at radius 1 is 1.37 bits per heavy atom. The zero-order valence-corrected chi connectivity index (χ0v) is 9.64. The summed E-state index contributed by atoms with van der Waals surface area (Å²) in [6.45, 7) is 1.58. The predicted octanol–water partition coefficient (Wildman–Crippen LogP) is 2.29. The van der Waals surface area contributed by atoms with E-state index in [9.17, 15) is 18.0 Å². The van der Waals surface area contributed by atoms with Gasteiger partial charge in [0, 0.05) is 6.20 Å². The summed E-state index contributed by atoms with van der Waals surface area (Å²) in [4.78, 5) is 14.6. The van der Waals surface area contributed by atoms with Gasteiger partial charge in [-0.1, -0.05) is 0 Å². The number of nitrogens with zero attached hydrogens (tertiary/aromatic N) is 3. The van der Waals surface area contributed by atoms with Crippen LogP contribution in [0.5, 0.6) is 0 Å². The van der Waals surface area contributed by atoms with Crippen LogP contribution < -0.4 is 0 Å². The maximum absolute atomic E-state index is 13.0. The van der Waals surface area contributed by atoms with E-state index in [1.807, 2.05) is 0 Å². The molecule has 100 valence electrons. The zero-order valence-electron chi connectivity index (χ0n) is 9.64. The number of hydrogen-bond acceptors (Lipinski definition) is 3. The van der Waals surface area contributed by atoms with Gasteiger partial charge in [0.15, 0.2) is 5.69 Å². The third-order valence-corrected chi connectivity index (χ3v) is 2.51. The van der Waals surface area contributed by atoms with Crippen LogP contribution in [0.15, 0.2) is 24.7 Å². The van der Waals surface area contributed by atoms with Crippen molar-refractivity contribution in [3.8, 4) is 5.69 Å². The van der Waals surface area contributed by atoms with E-state index in [0.717, 1.165) is 0 Å². The fourth-order valence-corrected chi connectivity index (χ4v) is 1.64. The molecule has 0 aliphatic carbocycles. The van der Waals surface area contributed by atoms with Crippen LogP contribution in [-0.4, -0.2) is 25.8 Å². The van der Waals surface area contributed by atoms with Gasteiger partial charge in [0.05, 0.1) is 18.1 Å². The number of carboxylic acids is 1. The van der Waals surface area contributed by atoms with Crippen LogP contribution in [0.3, 0.4) is 0 Å². The molecule has 0 saturated heterocycles. The van der Waals surface area contributed by atoms with Gasteiger partial charge in [-0.3, -0.25) is 4.98 Å². The minimum absolute atomic E-state index is 0.0855. The Hall–Kier alpha value is -2.38. The van der Waals surface area contributed by atoms with E-state index < -0.39 is 23.4 Å². The number of carboxylic acid groups (broad SMARTS) is 1. The number of carbonyl (C=O) groups is 1. The van der Waals surface area contributed by atoms with Crippen molar-refractivity contribution < 1.29 is 23.1 Å². The van der Waals surface area contributed by atoms with Crippen molar-refractivity contribution >= 4 is 5.97 Å². The molecule has 2 rings (SSSR count). The van der Waals surface area contributed by atoms with Crippen LogP contribution in [0, 0.1) is 6.92 Å². The van der Waals surface area contributed by atoms with Gasteiger partial charge in [-0.25, -0.2) is 9.48 Å². The second-order valence-electron chi connectivity index (χ2n) is 3.78. The van der Waals surface area contributed by atoms with Gasteiger partial charge in [-0.15, -0.1) is 0 Å². The number of pyridine rings is 1. The Morgan fingerprint density at radius 3 is 2.58 bits per heavy atom. The number of rotatable bonds is 2. The Bertz CT molecular complexity index is 634. The number of aromatic carboxylic acids is 1. The van der Waals surface area contributed by atoms with Crippen molar-refractivity contribution in [2.24, 2.45) is 0 Å². The molecule has 0 aromatic carbocycles. The molecule has 0 radical (unpaired) electrons. The molecule has 8 heteroatoms. The lowest BCUT2D eigenvalue weighted by atomic mass is 10.2. The van der Waals surface area contributed by atoms with Gasteiger partial charge in [0.2, 0.25) is 0 Å². The van der Waals surface area contributed by atoms with E-state index in [1.165, 1.54) is 18.5 Å². The topological polar surface area (TPSA) is 68.0 Å². The predicted molar refractivity (Wildman–Crippen MR) is 58.1 cm³/mol. The smallest absolute Gasteiger partial charge is 0.434 e. The first-order chi connectivity index (χ1) is 8.82. The van der Waals surface area contributed by atoms with Crippen LogP contribution in [0.25, 0.3) is 5.69 Å². The van der Waals surface area contributed by atoms with Gasteiger partial charge < -0.3 is 5.11 Å². The average molecular weight is 271 g/mol. The summed E-state index contributed by atoms with van der Waals surface area (Å²) < 4.78 is 39.5. The van der Waals surface area contributed by atoms with Crippen molar-refractivity contribution in [3.63, 3.8) is 0 Å². The zero-order chi connectivity index (χ0) is 14.2. The second-order valence-corrected chi connectivity index (χ2v) is 3.78. The molecule has 0 atom stereocenters. The van der Waals surface area contributed by atoms with E-state index >= 15 is 0 Å². The fourth-order valence-electron chi connectivity index (χ4n) is 1.64. The first kappa shape index (κ1) is 13.1. The summed E-state index contributed by atoms with van der Waals surface area (Å²) in [5.74, 6) is -1.68. The summed E-state index contributed by atoms with van der Waals surface area (Å²) in [5, 5.41) is 12.3. The number of aromatic nitrogens is 3. The SMILES string of the molecule is Cc1ccncc1-n1ncc(C(=O)O)c1C(F)(F)F. The van der Waals surface area contributed by atoms with Crippen molar-refractivity contribution in [2.45, 2.75) is 13.1 Å². The minimum atomic E-state index is -4.83. The summed E-state index contributed by atoms with van der Waals surface area (Å²) >= 11 is 0. The molecule has 5 nitrogen and oxygen atoms in total. The highest BCUT2D eigenvalue weighted by atomic mass is 19.4. The van der Waals surface area contributed by atoms with Gasteiger partial charge in [-0.05, 0) is 18.6 Å². The molecule has 0 unspecified atom stereocenters. The number of aryl methyl sites for hydroxylation is 1. The summed E-state index contributed by atoms with van der Waals surface area (Å²) in [7, 11) is 0. The summed E-state index contributed by atoms with van der Waals surface area (Å²) in [5.41, 5.74) is -1.63. The largest absolute Gasteiger partial charge is 0.478 e. The maximum atomic E-state index is 13.0. The van der Waals surface area contributed by atoms with E-state index in [2.05, 4.69) is 10.1 Å². The molecule has 0 aliphatic heterocycles. The standard InChI is InChI=1S/C11H8F3N3O2/c1-6-2-3-15-5-8(6)17-9(11(12,13)14)7(4-16-17)10(18)19/h2-5H,1H3,(H,18,19). The van der Waals surface area contributed by atoms with E-state index in [4.69, 9.17) is 5.11 Å². The molecule has 19 heavy (non-hydrogen) atoms. The molecule has 2 heterocycles. The quantitative estimate of drug-likeness (QED) is 0.909. The minimum Gasteiger partial charge on any atom is -0.478 e. The highest BCUT2D eigenvalue weighted by Gasteiger charge is 2.40. The van der Waals surface area contributed by atoms with Crippen molar-refractivity contribution in [3.05, 3.63) is 41.5 Å². The average Bonchev–Trinajstić information content (AvgIpc) is 2.73. The van der Waals surface area contributed by atoms with E-state index in [-0.39, 0.29) is 5.69 Å². The van der Waals surface area contributed by atoms with Gasteiger partial charge in [0.25, 0.3) is 0 Å². The van der Waals surface area contributed by atoms with Crippen molar-refractivity contribution in [1.29, 1.82) is 0 Å². The monoisotopic (exact) mass is 271 g/mol. The summed E-state index contributed by atoms with van der Waals surface area (Å²) in [6, 6.07) is 1.51. The van der Waals surface area contributed by atoms with Crippen LogP contribution >= 0.6 is 0 Å². The molecule has 0 amide bonds. The fraction of sp³-hybridized carbons (Fsp3) is 0.182. The normalized spacial score (nSPS) is 11.6. The molecule has 0 fully saturated rings. The van der Waals surface area contributed by atoms with Gasteiger partial charge in [0.1, 0.15) is 5.56 Å². The molecule has 0 bridgehead atoms. The highest BCUT2D eigenvalue weighted by molar-refractivity contribution is 5.89. The van der Waals surface area contributed by atoms with Crippen LogP contribution in [-0.2, 0) is 6.18 Å². The number of halogens is 3. The molecular formula is C11H8F3N3O2. The highest BCUT2D eigenvalue weighted by Crippen LogP contribution is 2.33. The van der Waals surface area contributed by atoms with Crippen molar-refractivity contribution in [2.75, 3.05) is 0 Å². The lowest BCUT2D eigenvalue weighted by Gasteiger charge is -2.12. The molecule has 0 spiro atoms. The summed E-state index contributed by atoms with van der Waals surface area (Å²) in [6.07, 6.45) is -1.53. The number of alkyl halides is 3. The molecule has 2 aromatic rings. The molecule has 0 aliphatic rings.